The Balaban J connectivity index is 2.58. The molecule has 0 saturated heterocycles. The van der Waals surface area contributed by atoms with Gasteiger partial charge in [-0.3, -0.25) is 4.79 Å². The van der Waals surface area contributed by atoms with Gasteiger partial charge in [-0.05, 0) is 6.26 Å². The fourth-order valence-electron chi connectivity index (χ4n) is 0.699. The Morgan fingerprint density at radius 3 is 2.77 bits per heavy atom. The lowest BCUT2D eigenvalue weighted by atomic mass is 10.5. The molecule has 72 valence electrons. The molecule has 1 heterocycles. The second-order valence-electron chi connectivity index (χ2n) is 2.54. The van der Waals surface area contributed by atoms with Crippen molar-refractivity contribution in [3.63, 3.8) is 0 Å². The first-order chi connectivity index (χ1) is 6.13. The number of hydrogen-bond acceptors (Lipinski definition) is 5. The number of carbonyl (C=O) groups is 1. The number of nitrogens with zero attached hydrogens (tertiary/aromatic N) is 3. The van der Waals surface area contributed by atoms with Gasteiger partial charge in [-0.25, -0.2) is 0 Å². The predicted molar refractivity (Wildman–Crippen MR) is 48.2 cm³/mol. The summed E-state index contributed by atoms with van der Waals surface area (Å²) in [5.41, 5.74) is 0. The van der Waals surface area contributed by atoms with Crippen LogP contribution in [0.2, 0.25) is 0 Å². The first-order valence-electron chi connectivity index (χ1n) is 3.71. The van der Waals surface area contributed by atoms with E-state index in [0.29, 0.717) is 17.7 Å². The molecule has 1 aromatic rings. The summed E-state index contributed by atoms with van der Waals surface area (Å²) in [6.07, 6.45) is 1.85. The molecule has 0 aliphatic rings. The summed E-state index contributed by atoms with van der Waals surface area (Å²) in [7, 11) is 1.69. The molecule has 0 spiro atoms. The molecular formula is C7H11N3O2S. The van der Waals surface area contributed by atoms with Gasteiger partial charge in [0, 0.05) is 14.0 Å². The van der Waals surface area contributed by atoms with Crippen molar-refractivity contribution in [1.82, 2.24) is 15.1 Å². The summed E-state index contributed by atoms with van der Waals surface area (Å²) < 4.78 is 5.20. The van der Waals surface area contributed by atoms with Gasteiger partial charge in [0.15, 0.2) is 0 Å². The highest BCUT2D eigenvalue weighted by molar-refractivity contribution is 7.98. The second kappa shape index (κ2) is 4.27. The molecule has 0 radical (unpaired) electrons. The van der Waals surface area contributed by atoms with Gasteiger partial charge in [0.05, 0.1) is 6.54 Å². The van der Waals surface area contributed by atoms with E-state index in [2.05, 4.69) is 10.2 Å². The average Bonchev–Trinajstić information content (AvgIpc) is 2.52. The number of rotatable bonds is 3. The van der Waals surface area contributed by atoms with Gasteiger partial charge in [-0.15, -0.1) is 10.2 Å². The molecule has 13 heavy (non-hydrogen) atoms. The van der Waals surface area contributed by atoms with Crippen LogP contribution in [0.4, 0.5) is 0 Å². The number of hydrogen-bond donors (Lipinski definition) is 0. The second-order valence-corrected chi connectivity index (χ2v) is 3.30. The highest BCUT2D eigenvalue weighted by Gasteiger charge is 2.09. The van der Waals surface area contributed by atoms with Crippen molar-refractivity contribution in [2.45, 2.75) is 18.7 Å². The van der Waals surface area contributed by atoms with E-state index in [4.69, 9.17) is 4.42 Å². The maximum absolute atomic E-state index is 10.9. The smallest absolute Gasteiger partial charge is 0.276 e. The zero-order valence-corrected chi connectivity index (χ0v) is 8.59. The minimum atomic E-state index is -0.0242. The molecule has 0 aromatic carbocycles. The van der Waals surface area contributed by atoms with Gasteiger partial charge >= 0.3 is 0 Å². The van der Waals surface area contributed by atoms with E-state index in [1.54, 1.807) is 7.05 Å². The molecule has 0 unspecified atom stereocenters. The Hall–Kier alpha value is -1.04. The third-order valence-corrected chi connectivity index (χ3v) is 2.05. The predicted octanol–water partition coefficient (Wildman–Crippen LogP) is 0.770. The highest BCUT2D eigenvalue weighted by atomic mass is 32.2. The summed E-state index contributed by atoms with van der Waals surface area (Å²) in [6.45, 7) is 1.86. The van der Waals surface area contributed by atoms with Crippen molar-refractivity contribution in [3.8, 4) is 0 Å². The van der Waals surface area contributed by atoms with E-state index in [9.17, 15) is 4.79 Å². The van der Waals surface area contributed by atoms with Crippen LogP contribution in [0.1, 0.15) is 12.8 Å². The molecule has 1 amide bonds. The number of thioether (sulfide) groups is 1. The van der Waals surface area contributed by atoms with E-state index in [-0.39, 0.29) is 5.91 Å². The molecule has 6 heteroatoms. The largest absolute Gasteiger partial charge is 0.414 e. The van der Waals surface area contributed by atoms with Gasteiger partial charge in [0.1, 0.15) is 0 Å². The lowest BCUT2D eigenvalue weighted by molar-refractivity contribution is -0.128. The van der Waals surface area contributed by atoms with Crippen molar-refractivity contribution < 1.29 is 9.21 Å². The van der Waals surface area contributed by atoms with Gasteiger partial charge in [0.25, 0.3) is 5.22 Å². The van der Waals surface area contributed by atoms with Crippen LogP contribution >= 0.6 is 11.8 Å². The molecule has 0 saturated carbocycles. The Labute approximate surface area is 80.5 Å². The minimum absolute atomic E-state index is 0.0242. The van der Waals surface area contributed by atoms with Crippen molar-refractivity contribution in [1.29, 1.82) is 0 Å². The lowest BCUT2D eigenvalue weighted by Gasteiger charge is -2.10. The molecule has 0 bridgehead atoms. The topological polar surface area (TPSA) is 59.2 Å². The molecule has 1 rings (SSSR count). The molecule has 0 atom stereocenters. The van der Waals surface area contributed by atoms with E-state index in [0.717, 1.165) is 0 Å². The van der Waals surface area contributed by atoms with Crippen molar-refractivity contribution in [2.24, 2.45) is 0 Å². The maximum Gasteiger partial charge on any atom is 0.276 e. The van der Waals surface area contributed by atoms with Crippen LogP contribution in [0, 0.1) is 0 Å². The van der Waals surface area contributed by atoms with E-state index in [1.807, 2.05) is 6.26 Å². The lowest BCUT2D eigenvalue weighted by Crippen LogP contribution is -2.23. The Morgan fingerprint density at radius 1 is 1.62 bits per heavy atom. The van der Waals surface area contributed by atoms with Gasteiger partial charge < -0.3 is 9.32 Å². The van der Waals surface area contributed by atoms with Crippen LogP contribution in [-0.4, -0.2) is 34.3 Å². The zero-order valence-electron chi connectivity index (χ0n) is 7.77. The maximum atomic E-state index is 10.9. The van der Waals surface area contributed by atoms with Crippen LogP contribution in [0.5, 0.6) is 0 Å². The third kappa shape index (κ3) is 2.73. The number of aromatic nitrogens is 2. The molecule has 5 nitrogen and oxygen atoms in total. The summed E-state index contributed by atoms with van der Waals surface area (Å²) >= 11 is 1.38. The van der Waals surface area contributed by atoms with E-state index in [1.165, 1.54) is 23.6 Å². The zero-order chi connectivity index (χ0) is 9.84. The van der Waals surface area contributed by atoms with Crippen molar-refractivity contribution in [3.05, 3.63) is 5.89 Å². The third-order valence-electron chi connectivity index (χ3n) is 1.53. The highest BCUT2D eigenvalue weighted by Crippen LogP contribution is 2.12. The SMILES string of the molecule is CSc1nnc(CN(C)C(C)=O)o1. The van der Waals surface area contributed by atoms with Gasteiger partial charge in [-0.1, -0.05) is 11.8 Å². The number of amides is 1. The Morgan fingerprint density at radius 2 is 2.31 bits per heavy atom. The first kappa shape index (κ1) is 10.0. The molecule has 0 N–H and O–H groups in total. The van der Waals surface area contributed by atoms with Crippen LogP contribution in [-0.2, 0) is 11.3 Å². The van der Waals surface area contributed by atoms with Gasteiger partial charge in [-0.2, -0.15) is 0 Å². The van der Waals surface area contributed by atoms with Crippen LogP contribution in [0.3, 0.4) is 0 Å². The Kier molecular flexibility index (Phi) is 3.30. The van der Waals surface area contributed by atoms with Gasteiger partial charge in [0.2, 0.25) is 11.8 Å². The summed E-state index contributed by atoms with van der Waals surface area (Å²) in [5.74, 6) is 0.436. The summed E-state index contributed by atoms with van der Waals surface area (Å²) in [5, 5.41) is 8.05. The van der Waals surface area contributed by atoms with Crippen LogP contribution in [0.15, 0.2) is 9.64 Å². The number of carbonyl (C=O) groups excluding carboxylic acids is 1. The monoisotopic (exact) mass is 201 g/mol. The molecule has 0 aliphatic carbocycles. The fourth-order valence-corrected chi connectivity index (χ4v) is 1.00. The Bertz CT molecular complexity index is 300. The van der Waals surface area contributed by atoms with Crippen LogP contribution in [0.25, 0.3) is 0 Å². The summed E-state index contributed by atoms with van der Waals surface area (Å²) in [6, 6.07) is 0. The van der Waals surface area contributed by atoms with E-state index >= 15 is 0 Å². The minimum Gasteiger partial charge on any atom is -0.414 e. The van der Waals surface area contributed by atoms with Crippen LogP contribution < -0.4 is 0 Å². The van der Waals surface area contributed by atoms with Crippen molar-refractivity contribution in [2.75, 3.05) is 13.3 Å². The molecule has 1 aromatic heterocycles. The average molecular weight is 201 g/mol. The van der Waals surface area contributed by atoms with Crippen molar-refractivity contribution >= 4 is 17.7 Å². The standard InChI is InChI=1S/C7H11N3O2S/c1-5(11)10(2)4-6-8-9-7(12-6)13-3/h4H2,1-3H3. The quantitative estimate of drug-likeness (QED) is 0.676. The fraction of sp³-hybridized carbons (Fsp3) is 0.571. The first-order valence-corrected chi connectivity index (χ1v) is 4.94. The van der Waals surface area contributed by atoms with E-state index < -0.39 is 0 Å². The molecule has 0 fully saturated rings. The summed E-state index contributed by atoms with van der Waals surface area (Å²) in [4.78, 5) is 12.4. The molecule has 0 aliphatic heterocycles. The molecular weight excluding hydrogens is 190 g/mol. The normalized spacial score (nSPS) is 10.1.